The quantitative estimate of drug-likeness (QED) is 0.120. The number of aromatic nitrogens is 2. The third kappa shape index (κ3) is 11.2. The molecule has 1 aliphatic carbocycles. The van der Waals surface area contributed by atoms with Crippen LogP contribution in [0.2, 0.25) is 5.02 Å². The number of aliphatic hydroxyl groups excluding tert-OH is 1. The van der Waals surface area contributed by atoms with Crippen LogP contribution < -0.4 is 15.5 Å². The summed E-state index contributed by atoms with van der Waals surface area (Å²) in [5, 5.41) is 17.5. The number of piperidine rings is 2. The van der Waals surface area contributed by atoms with E-state index in [-0.39, 0.29) is 36.5 Å². The molecule has 13 nitrogen and oxygen atoms in total. The van der Waals surface area contributed by atoms with E-state index in [0.717, 1.165) is 41.8 Å². The summed E-state index contributed by atoms with van der Waals surface area (Å²) in [6.45, 7) is 10.1. The summed E-state index contributed by atoms with van der Waals surface area (Å²) in [5.74, 6) is -1.83. The van der Waals surface area contributed by atoms with Crippen LogP contribution in [0.4, 0.5) is 14.6 Å². The number of fused-ring (bicyclic) bond motifs is 1. The van der Waals surface area contributed by atoms with Crippen LogP contribution >= 0.6 is 11.6 Å². The number of carbonyl (C=O) groups is 3. The number of aryl methyl sites for hydroxylation is 1. The van der Waals surface area contributed by atoms with Crippen LogP contribution in [0.5, 0.6) is 0 Å². The smallest absolute Gasteiger partial charge is 0.259 e. The summed E-state index contributed by atoms with van der Waals surface area (Å²) >= 11 is 6.21. The lowest BCUT2D eigenvalue weighted by molar-refractivity contribution is -0.133. The van der Waals surface area contributed by atoms with Crippen LogP contribution in [-0.4, -0.2) is 138 Å². The SMILES string of the molecule is CCc1cccc(-c2cc(F)c(C(=O)N3CCC(OC4CCN(CC(=O)NCCNC[C@@H](C(=O)N5CCN(c6ncnc7c6[C@H](C)C[C@H]7O)CC5)c5ccc(Cl)cc5)CC4)CC3)c(F)c2)c1. The van der Waals surface area contributed by atoms with E-state index < -0.39 is 35.1 Å². The second-order valence-corrected chi connectivity index (χ2v) is 18.5. The Kier molecular flexibility index (Phi) is 15.6. The number of ether oxygens (including phenoxy) is 1. The van der Waals surface area contributed by atoms with E-state index >= 15 is 8.78 Å². The fourth-order valence-corrected chi connectivity index (χ4v) is 10.0. The van der Waals surface area contributed by atoms with Gasteiger partial charge in [0.15, 0.2) is 0 Å². The van der Waals surface area contributed by atoms with Gasteiger partial charge in [-0.1, -0.05) is 61.8 Å². The molecule has 3 aliphatic heterocycles. The zero-order chi connectivity index (χ0) is 46.3. The number of nitrogens with one attached hydrogen (secondary N) is 2. The molecule has 0 bridgehead atoms. The van der Waals surface area contributed by atoms with Gasteiger partial charge in [0, 0.05) is 82.6 Å². The van der Waals surface area contributed by atoms with Gasteiger partial charge in [-0.25, -0.2) is 18.7 Å². The lowest BCUT2D eigenvalue weighted by Gasteiger charge is -2.38. The molecular formula is C50H61ClF2N8O5. The molecule has 16 heteroatoms. The number of rotatable bonds is 15. The Morgan fingerprint density at radius 3 is 2.21 bits per heavy atom. The molecule has 4 aromatic rings. The minimum Gasteiger partial charge on any atom is -0.387 e. The minimum absolute atomic E-state index is 0.0258. The van der Waals surface area contributed by atoms with E-state index in [1.54, 1.807) is 18.2 Å². The molecule has 4 aliphatic rings. The number of anilines is 1. The molecule has 8 rings (SSSR count). The third-order valence-corrected chi connectivity index (χ3v) is 13.9. The van der Waals surface area contributed by atoms with Gasteiger partial charge in [0.25, 0.3) is 5.91 Å². The van der Waals surface area contributed by atoms with Crippen molar-refractivity contribution in [1.82, 2.24) is 35.3 Å². The van der Waals surface area contributed by atoms with Crippen LogP contribution in [0.15, 0.2) is 67.0 Å². The highest BCUT2D eigenvalue weighted by Gasteiger charge is 2.36. The van der Waals surface area contributed by atoms with Crippen LogP contribution in [0.3, 0.4) is 0 Å². The summed E-state index contributed by atoms with van der Waals surface area (Å²) in [4.78, 5) is 57.0. The zero-order valence-corrected chi connectivity index (χ0v) is 38.6. The van der Waals surface area contributed by atoms with E-state index in [1.807, 2.05) is 42.2 Å². The second-order valence-electron chi connectivity index (χ2n) is 18.1. The van der Waals surface area contributed by atoms with Gasteiger partial charge in [-0.15, -0.1) is 0 Å². The number of aliphatic hydroxyl groups is 1. The van der Waals surface area contributed by atoms with Gasteiger partial charge in [-0.3, -0.25) is 19.3 Å². The summed E-state index contributed by atoms with van der Waals surface area (Å²) < 4.78 is 36.9. The highest BCUT2D eigenvalue weighted by atomic mass is 35.5. The molecule has 0 unspecified atom stereocenters. The Labute approximate surface area is 390 Å². The molecule has 3 amide bonds. The highest BCUT2D eigenvalue weighted by Crippen LogP contribution is 2.43. The number of benzene rings is 3. The molecule has 3 atom stereocenters. The molecule has 4 heterocycles. The first-order valence-corrected chi connectivity index (χ1v) is 23.9. The monoisotopic (exact) mass is 926 g/mol. The lowest BCUT2D eigenvalue weighted by atomic mass is 9.97. The number of hydrogen-bond donors (Lipinski definition) is 3. The predicted molar refractivity (Wildman–Crippen MR) is 250 cm³/mol. The molecule has 0 radical (unpaired) electrons. The van der Waals surface area contributed by atoms with Crippen molar-refractivity contribution in [1.29, 1.82) is 0 Å². The van der Waals surface area contributed by atoms with E-state index in [1.165, 1.54) is 23.4 Å². The molecule has 0 saturated carbocycles. The fraction of sp³-hybridized carbons (Fsp3) is 0.500. The Hall–Kier alpha value is -5.06. The van der Waals surface area contributed by atoms with Crippen molar-refractivity contribution in [3.8, 4) is 11.1 Å². The normalized spacial score (nSPS) is 20.1. The van der Waals surface area contributed by atoms with Crippen LogP contribution in [0.1, 0.15) is 96.6 Å². The maximum atomic E-state index is 15.3. The number of piperazine rings is 1. The molecule has 1 aromatic heterocycles. The average Bonchev–Trinajstić information content (AvgIpc) is 3.63. The number of carbonyl (C=O) groups excluding carboxylic acids is 3. The molecule has 3 fully saturated rings. The number of nitrogens with zero attached hydrogens (tertiary/aromatic N) is 6. The lowest BCUT2D eigenvalue weighted by Crippen LogP contribution is -2.51. The van der Waals surface area contributed by atoms with E-state index in [4.69, 9.17) is 16.3 Å². The predicted octanol–water partition coefficient (Wildman–Crippen LogP) is 6.10. The van der Waals surface area contributed by atoms with Crippen molar-refractivity contribution in [2.45, 2.75) is 82.5 Å². The van der Waals surface area contributed by atoms with Gasteiger partial charge in [-0.05, 0) is 91.0 Å². The van der Waals surface area contributed by atoms with Crippen molar-refractivity contribution in [2.24, 2.45) is 0 Å². The molecule has 0 spiro atoms. The van der Waals surface area contributed by atoms with Gasteiger partial charge in [0.1, 0.15) is 29.3 Å². The van der Waals surface area contributed by atoms with Crippen molar-refractivity contribution < 1.29 is 33.0 Å². The first-order chi connectivity index (χ1) is 31.9. The summed E-state index contributed by atoms with van der Waals surface area (Å²) in [5.41, 5.74) is 4.23. The average molecular weight is 928 g/mol. The maximum absolute atomic E-state index is 15.3. The second kappa shape index (κ2) is 21.7. The molecule has 3 N–H and O–H groups in total. The molecular weight excluding hydrogens is 866 g/mol. The molecule has 3 aromatic carbocycles. The number of likely N-dealkylation sites (tertiary alicyclic amines) is 2. The topological polar surface area (TPSA) is 143 Å². The largest absolute Gasteiger partial charge is 0.387 e. The first kappa shape index (κ1) is 47.4. The van der Waals surface area contributed by atoms with Crippen LogP contribution in [0.25, 0.3) is 11.1 Å². The fourth-order valence-electron chi connectivity index (χ4n) is 9.90. The number of hydrogen-bond acceptors (Lipinski definition) is 10. The third-order valence-electron chi connectivity index (χ3n) is 13.7. The summed E-state index contributed by atoms with van der Waals surface area (Å²) in [6.07, 6.45) is 5.07. The van der Waals surface area contributed by atoms with Crippen molar-refractivity contribution >= 4 is 35.1 Å². The number of halogens is 3. The van der Waals surface area contributed by atoms with E-state index in [2.05, 4.69) is 37.3 Å². The molecule has 3 saturated heterocycles. The van der Waals surface area contributed by atoms with Gasteiger partial charge < -0.3 is 35.2 Å². The maximum Gasteiger partial charge on any atom is 0.259 e. The Bertz CT molecular complexity index is 2310. The zero-order valence-electron chi connectivity index (χ0n) is 37.9. The van der Waals surface area contributed by atoms with Crippen molar-refractivity contribution in [2.75, 3.05) is 83.4 Å². The number of amides is 3. The Balaban J connectivity index is 0.732. The minimum atomic E-state index is -0.859. The standard InChI is InChI=1S/C50H61ClF2N8O5/c1-3-33-5-4-6-35(26-33)36-27-41(52)46(42(53)28-36)50(65)60-19-13-39(14-20-60)66-38-11-17-58(18-12-38)30-44(63)55-16-15-54-29-40(34-7-9-37(51)10-8-34)49(64)61-23-21-59(22-24-61)48-45-32(2)25-43(62)47(45)56-31-57-48/h4-10,26-28,31-32,38-40,43,54,62H,3,11-25,29-30H2,1-2H3,(H,55,63)/t32-,40-,43-/m1/s1. The summed E-state index contributed by atoms with van der Waals surface area (Å²) in [6, 6.07) is 17.4. The van der Waals surface area contributed by atoms with Crippen LogP contribution in [-0.2, 0) is 20.7 Å². The van der Waals surface area contributed by atoms with Gasteiger partial charge in [0.2, 0.25) is 11.8 Å². The van der Waals surface area contributed by atoms with Gasteiger partial charge in [-0.2, -0.15) is 0 Å². The van der Waals surface area contributed by atoms with Gasteiger partial charge >= 0.3 is 0 Å². The Morgan fingerprint density at radius 1 is 0.848 bits per heavy atom. The molecule has 66 heavy (non-hydrogen) atoms. The van der Waals surface area contributed by atoms with Crippen LogP contribution in [0, 0.1) is 11.6 Å². The van der Waals surface area contributed by atoms with Crippen molar-refractivity contribution in [3.63, 3.8) is 0 Å². The van der Waals surface area contributed by atoms with E-state index in [0.29, 0.717) is 113 Å². The highest BCUT2D eigenvalue weighted by molar-refractivity contribution is 6.30. The van der Waals surface area contributed by atoms with Gasteiger partial charge in [0.05, 0.1) is 36.5 Å². The molecule has 352 valence electrons. The van der Waals surface area contributed by atoms with E-state index in [9.17, 15) is 19.5 Å². The Morgan fingerprint density at radius 2 is 1.53 bits per heavy atom. The summed E-state index contributed by atoms with van der Waals surface area (Å²) in [7, 11) is 0. The van der Waals surface area contributed by atoms with Crippen molar-refractivity contribution in [3.05, 3.63) is 112 Å². The first-order valence-electron chi connectivity index (χ1n) is 23.5.